The van der Waals surface area contributed by atoms with Crippen LogP contribution in [-0.2, 0) is 6.42 Å². The summed E-state index contributed by atoms with van der Waals surface area (Å²) in [5.41, 5.74) is 9.02. The SMILES string of the molecule is CCc1ccccc1-c1cc(C2C=CC=CC2)nc(N2c3ccccc3[C@@H]3C4Sc5ccccc5C4CCC32)n1. The Labute approximate surface area is 241 Å². The number of thioether (sulfide) groups is 1. The molecule has 0 spiro atoms. The van der Waals surface area contributed by atoms with Crippen molar-refractivity contribution in [2.75, 3.05) is 4.90 Å². The van der Waals surface area contributed by atoms with Gasteiger partial charge in [-0.05, 0) is 66.5 Å². The minimum atomic E-state index is 0.267. The number of benzene rings is 3. The van der Waals surface area contributed by atoms with Gasteiger partial charge in [-0.3, -0.25) is 0 Å². The number of aromatic nitrogens is 2. The van der Waals surface area contributed by atoms with Gasteiger partial charge in [0.2, 0.25) is 5.95 Å². The second-order valence-electron chi connectivity index (χ2n) is 11.5. The third-order valence-electron chi connectivity index (χ3n) is 9.39. The van der Waals surface area contributed by atoms with E-state index in [1.54, 1.807) is 5.56 Å². The van der Waals surface area contributed by atoms with Crippen molar-refractivity contribution >= 4 is 23.4 Å². The molecule has 0 saturated heterocycles. The number of rotatable bonds is 4. The first kappa shape index (κ1) is 24.2. The van der Waals surface area contributed by atoms with Gasteiger partial charge in [0.25, 0.3) is 0 Å². The van der Waals surface area contributed by atoms with Crippen LogP contribution in [0.4, 0.5) is 11.6 Å². The Hall–Kier alpha value is -3.63. The lowest BCUT2D eigenvalue weighted by atomic mass is 9.74. The highest BCUT2D eigenvalue weighted by atomic mass is 32.2. The Balaban J connectivity index is 1.27. The molecule has 5 atom stereocenters. The topological polar surface area (TPSA) is 29.0 Å². The van der Waals surface area contributed by atoms with Crippen molar-refractivity contribution in [1.29, 1.82) is 0 Å². The van der Waals surface area contributed by atoms with E-state index in [-0.39, 0.29) is 5.92 Å². The van der Waals surface area contributed by atoms with Crippen molar-refractivity contribution in [3.8, 4) is 11.3 Å². The number of allylic oxidation sites excluding steroid dienone is 4. The van der Waals surface area contributed by atoms with Gasteiger partial charge < -0.3 is 4.90 Å². The van der Waals surface area contributed by atoms with E-state index in [0.717, 1.165) is 36.6 Å². The van der Waals surface area contributed by atoms with E-state index in [2.05, 4.69) is 127 Å². The molecule has 0 radical (unpaired) electrons. The first-order chi connectivity index (χ1) is 19.8. The van der Waals surface area contributed by atoms with Crippen LogP contribution in [-0.4, -0.2) is 21.3 Å². The van der Waals surface area contributed by atoms with Crippen LogP contribution < -0.4 is 4.90 Å². The van der Waals surface area contributed by atoms with Gasteiger partial charge in [-0.1, -0.05) is 91.9 Å². The van der Waals surface area contributed by atoms with Gasteiger partial charge >= 0.3 is 0 Å². The fourth-order valence-corrected chi connectivity index (χ4v) is 9.28. The van der Waals surface area contributed by atoms with Crippen molar-refractivity contribution in [3.63, 3.8) is 0 Å². The van der Waals surface area contributed by atoms with Crippen LogP contribution in [0.25, 0.3) is 11.3 Å². The molecule has 3 aromatic carbocycles. The highest BCUT2D eigenvalue weighted by Crippen LogP contribution is 2.61. The Morgan fingerprint density at radius 2 is 1.70 bits per heavy atom. The van der Waals surface area contributed by atoms with Crippen LogP contribution in [0.2, 0.25) is 0 Å². The van der Waals surface area contributed by atoms with E-state index in [4.69, 9.17) is 9.97 Å². The van der Waals surface area contributed by atoms with E-state index in [9.17, 15) is 0 Å². The molecular weight excluding hydrogens is 506 g/mol. The quantitative estimate of drug-likeness (QED) is 0.259. The van der Waals surface area contributed by atoms with Gasteiger partial charge in [0, 0.05) is 39.3 Å². The number of hydrogen-bond donors (Lipinski definition) is 0. The summed E-state index contributed by atoms with van der Waals surface area (Å²) in [6, 6.07) is 29.5. The monoisotopic (exact) mass is 539 g/mol. The Bertz CT molecular complexity index is 1660. The van der Waals surface area contributed by atoms with Crippen LogP contribution in [0.15, 0.2) is 108 Å². The molecule has 2 aliphatic heterocycles. The zero-order valence-electron chi connectivity index (χ0n) is 22.8. The smallest absolute Gasteiger partial charge is 0.231 e. The third kappa shape index (κ3) is 3.80. The molecule has 4 heteroatoms. The largest absolute Gasteiger partial charge is 0.307 e. The molecular formula is C36H33N3S. The Morgan fingerprint density at radius 3 is 2.58 bits per heavy atom. The number of para-hydroxylation sites is 1. The zero-order chi connectivity index (χ0) is 26.6. The van der Waals surface area contributed by atoms with E-state index >= 15 is 0 Å². The maximum atomic E-state index is 5.37. The maximum absolute atomic E-state index is 5.37. The molecule has 0 bridgehead atoms. The van der Waals surface area contributed by atoms with E-state index in [1.807, 2.05) is 0 Å². The van der Waals surface area contributed by atoms with Crippen molar-refractivity contribution < 1.29 is 0 Å². The number of anilines is 2. The summed E-state index contributed by atoms with van der Waals surface area (Å²) in [5, 5.41) is 0.553. The maximum Gasteiger partial charge on any atom is 0.231 e. The first-order valence-electron chi connectivity index (χ1n) is 14.7. The van der Waals surface area contributed by atoms with Gasteiger partial charge in [-0.25, -0.2) is 9.97 Å². The molecule has 2 aliphatic carbocycles. The van der Waals surface area contributed by atoms with Crippen LogP contribution in [0.1, 0.15) is 66.3 Å². The fourth-order valence-electron chi connectivity index (χ4n) is 7.56. The minimum Gasteiger partial charge on any atom is -0.307 e. The molecule has 4 unspecified atom stereocenters. The lowest BCUT2D eigenvalue weighted by molar-refractivity contribution is 0.375. The van der Waals surface area contributed by atoms with Crippen LogP contribution in [0.5, 0.6) is 0 Å². The summed E-state index contributed by atoms with van der Waals surface area (Å²) < 4.78 is 0. The Kier molecular flexibility index (Phi) is 5.91. The van der Waals surface area contributed by atoms with Gasteiger partial charge in [0.1, 0.15) is 0 Å². The van der Waals surface area contributed by atoms with E-state index in [1.165, 1.54) is 33.7 Å². The first-order valence-corrected chi connectivity index (χ1v) is 15.6. The van der Waals surface area contributed by atoms with E-state index < -0.39 is 0 Å². The van der Waals surface area contributed by atoms with Gasteiger partial charge in [-0.2, -0.15) is 0 Å². The molecule has 4 aromatic rings. The molecule has 198 valence electrons. The molecule has 1 fully saturated rings. The van der Waals surface area contributed by atoms with Crippen molar-refractivity contribution in [3.05, 3.63) is 126 Å². The lowest BCUT2D eigenvalue weighted by Crippen LogP contribution is -2.40. The summed E-state index contributed by atoms with van der Waals surface area (Å²) in [7, 11) is 0. The molecule has 3 heterocycles. The van der Waals surface area contributed by atoms with Crippen molar-refractivity contribution in [1.82, 2.24) is 9.97 Å². The molecule has 3 nitrogen and oxygen atoms in total. The van der Waals surface area contributed by atoms with Crippen molar-refractivity contribution in [2.24, 2.45) is 0 Å². The summed E-state index contributed by atoms with van der Waals surface area (Å²) in [6.07, 6.45) is 13.2. The number of fused-ring (bicyclic) bond motifs is 7. The Morgan fingerprint density at radius 1 is 0.875 bits per heavy atom. The van der Waals surface area contributed by atoms with Crippen LogP contribution >= 0.6 is 11.8 Å². The average molecular weight is 540 g/mol. The van der Waals surface area contributed by atoms with Crippen molar-refractivity contribution in [2.45, 2.75) is 66.5 Å². The van der Waals surface area contributed by atoms with E-state index in [0.29, 0.717) is 23.1 Å². The van der Waals surface area contributed by atoms with Gasteiger partial charge in [0.05, 0.1) is 11.4 Å². The summed E-state index contributed by atoms with van der Waals surface area (Å²) in [5.74, 6) is 2.21. The van der Waals surface area contributed by atoms with Gasteiger partial charge in [-0.15, -0.1) is 11.8 Å². The predicted octanol–water partition coefficient (Wildman–Crippen LogP) is 8.96. The highest BCUT2D eigenvalue weighted by molar-refractivity contribution is 8.00. The highest BCUT2D eigenvalue weighted by Gasteiger charge is 2.52. The second kappa shape index (κ2) is 9.78. The van der Waals surface area contributed by atoms with Crippen LogP contribution in [0, 0.1) is 0 Å². The molecule has 1 aromatic heterocycles. The molecule has 4 aliphatic rings. The molecule has 0 amide bonds. The lowest BCUT2D eigenvalue weighted by Gasteiger charge is -2.39. The number of nitrogens with zero attached hydrogens (tertiary/aromatic N) is 3. The molecule has 40 heavy (non-hydrogen) atoms. The number of aryl methyl sites for hydroxylation is 1. The van der Waals surface area contributed by atoms with Crippen LogP contribution in [0.3, 0.4) is 0 Å². The molecule has 0 N–H and O–H groups in total. The second-order valence-corrected chi connectivity index (χ2v) is 12.7. The predicted molar refractivity (Wildman–Crippen MR) is 166 cm³/mol. The molecule has 8 rings (SSSR count). The minimum absolute atomic E-state index is 0.267. The summed E-state index contributed by atoms with van der Waals surface area (Å²) in [4.78, 5) is 14.7. The average Bonchev–Trinajstić information content (AvgIpc) is 3.57. The third-order valence-corrected chi connectivity index (χ3v) is 10.9. The molecule has 1 saturated carbocycles. The number of hydrogen-bond acceptors (Lipinski definition) is 4. The zero-order valence-corrected chi connectivity index (χ0v) is 23.6. The summed E-state index contributed by atoms with van der Waals surface area (Å²) >= 11 is 2.10. The fraction of sp³-hybridized carbons (Fsp3) is 0.278. The summed E-state index contributed by atoms with van der Waals surface area (Å²) in [6.45, 7) is 2.23. The standard InChI is InChI=1S/C36H33N3S/c1-2-23-12-6-7-15-25(23)30-22-29(24-13-4-3-5-14-24)37-36(38-30)39-31-18-10-8-17-28(31)34-32(39)21-20-27-26-16-9-11-19-33(26)40-35(27)34/h3-13,15-19,22,24,27,32,34-35H,2,14,20-21H2,1H3/t24?,27?,32?,34-,35?/m0/s1. The normalized spacial score (nSPS) is 25.8. The van der Waals surface area contributed by atoms with Gasteiger partial charge in [0.15, 0.2) is 0 Å².